The number of hydrogen-bond donors (Lipinski definition) is 1. The molecular formula is C19H26ClNO. The smallest absolute Gasteiger partial charge is 0.119 e. The second kappa shape index (κ2) is 10.3. The average molecular weight is 320 g/mol. The van der Waals surface area contributed by atoms with Gasteiger partial charge in [-0.05, 0) is 42.6 Å². The molecule has 0 heterocycles. The Balaban J connectivity index is 0.00000242. The number of hydrogen-bond acceptors (Lipinski definition) is 2. The highest BCUT2D eigenvalue weighted by atomic mass is 35.5. The molecule has 1 unspecified atom stereocenters. The van der Waals surface area contributed by atoms with E-state index in [9.17, 15) is 0 Å². The van der Waals surface area contributed by atoms with Gasteiger partial charge in [0.15, 0.2) is 0 Å². The first kappa shape index (κ1) is 18.5. The van der Waals surface area contributed by atoms with E-state index >= 15 is 0 Å². The van der Waals surface area contributed by atoms with Crippen LogP contribution in [0.25, 0.3) is 0 Å². The van der Waals surface area contributed by atoms with Gasteiger partial charge in [0.2, 0.25) is 0 Å². The number of halogens is 1. The van der Waals surface area contributed by atoms with Crippen LogP contribution in [0, 0.1) is 0 Å². The summed E-state index contributed by atoms with van der Waals surface area (Å²) >= 11 is 0. The highest BCUT2D eigenvalue weighted by Crippen LogP contribution is 2.21. The molecule has 0 saturated heterocycles. The highest BCUT2D eigenvalue weighted by Gasteiger charge is 2.10. The molecule has 0 aliphatic carbocycles. The molecule has 2 aromatic carbocycles. The number of ether oxygens (including phenoxy) is 1. The van der Waals surface area contributed by atoms with Crippen LogP contribution in [-0.2, 0) is 6.42 Å². The summed E-state index contributed by atoms with van der Waals surface area (Å²) in [7, 11) is 0. The van der Waals surface area contributed by atoms with Gasteiger partial charge in [-0.15, -0.1) is 12.4 Å². The molecule has 2 aromatic rings. The molecule has 3 heteroatoms. The summed E-state index contributed by atoms with van der Waals surface area (Å²) in [6.07, 6.45) is 3.23. The minimum absolute atomic E-state index is 0. The van der Waals surface area contributed by atoms with E-state index in [1.807, 2.05) is 6.07 Å². The summed E-state index contributed by atoms with van der Waals surface area (Å²) in [5.74, 6) is 1.33. The lowest BCUT2D eigenvalue weighted by molar-refractivity contribution is 0.309. The predicted octanol–water partition coefficient (Wildman–Crippen LogP) is 4.57. The number of nitrogens with two attached hydrogens (primary N) is 1. The number of benzene rings is 2. The van der Waals surface area contributed by atoms with Crippen molar-refractivity contribution in [2.45, 2.75) is 32.1 Å². The molecule has 1 atom stereocenters. The fourth-order valence-electron chi connectivity index (χ4n) is 2.40. The first-order valence-corrected chi connectivity index (χ1v) is 7.80. The van der Waals surface area contributed by atoms with E-state index < -0.39 is 0 Å². The zero-order chi connectivity index (χ0) is 14.9. The molecule has 0 bridgehead atoms. The third-order valence-corrected chi connectivity index (χ3v) is 3.73. The maximum Gasteiger partial charge on any atom is 0.119 e. The number of unbranched alkanes of at least 4 members (excludes halogenated alkanes) is 1. The summed E-state index contributed by atoms with van der Waals surface area (Å²) in [5, 5.41) is 0. The molecule has 0 fully saturated rings. The van der Waals surface area contributed by atoms with Crippen LogP contribution in [0.3, 0.4) is 0 Å². The van der Waals surface area contributed by atoms with E-state index in [2.05, 4.69) is 55.5 Å². The van der Waals surface area contributed by atoms with Crippen molar-refractivity contribution in [1.29, 1.82) is 0 Å². The largest absolute Gasteiger partial charge is 0.494 e. The third kappa shape index (κ3) is 5.70. The van der Waals surface area contributed by atoms with Gasteiger partial charge in [-0.25, -0.2) is 0 Å². The summed E-state index contributed by atoms with van der Waals surface area (Å²) in [6, 6.07) is 18.9. The Morgan fingerprint density at radius 1 is 1.00 bits per heavy atom. The van der Waals surface area contributed by atoms with E-state index in [4.69, 9.17) is 10.5 Å². The number of rotatable bonds is 8. The maximum atomic E-state index is 5.94. The average Bonchev–Trinajstić information content (AvgIpc) is 2.55. The van der Waals surface area contributed by atoms with Crippen molar-refractivity contribution in [3.05, 3.63) is 65.7 Å². The minimum Gasteiger partial charge on any atom is -0.494 e. The molecule has 2 nitrogen and oxygen atoms in total. The van der Waals surface area contributed by atoms with Crippen LogP contribution in [0.1, 0.15) is 36.8 Å². The van der Waals surface area contributed by atoms with Gasteiger partial charge in [-0.3, -0.25) is 0 Å². The van der Waals surface area contributed by atoms with E-state index in [0.717, 1.165) is 31.6 Å². The van der Waals surface area contributed by atoms with Gasteiger partial charge in [-0.2, -0.15) is 0 Å². The van der Waals surface area contributed by atoms with Crippen LogP contribution in [0.15, 0.2) is 54.6 Å². The van der Waals surface area contributed by atoms with Crippen LogP contribution in [-0.4, -0.2) is 13.2 Å². The van der Waals surface area contributed by atoms with Crippen molar-refractivity contribution < 1.29 is 4.74 Å². The topological polar surface area (TPSA) is 35.2 Å². The van der Waals surface area contributed by atoms with Crippen LogP contribution >= 0.6 is 12.4 Å². The lowest BCUT2D eigenvalue weighted by atomic mass is 9.92. The van der Waals surface area contributed by atoms with E-state index in [1.54, 1.807) is 0 Å². The molecule has 0 aliphatic heterocycles. The Labute approximate surface area is 140 Å². The van der Waals surface area contributed by atoms with Crippen LogP contribution in [0.2, 0.25) is 0 Å². The normalized spacial score (nSPS) is 11.5. The minimum atomic E-state index is 0. The monoisotopic (exact) mass is 319 g/mol. The summed E-state index contributed by atoms with van der Waals surface area (Å²) in [5.41, 5.74) is 8.55. The Bertz CT molecular complexity index is 513. The summed E-state index contributed by atoms with van der Waals surface area (Å²) in [6.45, 7) is 3.63. The molecule has 2 N–H and O–H groups in total. The van der Waals surface area contributed by atoms with E-state index in [-0.39, 0.29) is 12.4 Å². The van der Waals surface area contributed by atoms with Gasteiger partial charge < -0.3 is 10.5 Å². The molecule has 0 aliphatic rings. The van der Waals surface area contributed by atoms with Crippen molar-refractivity contribution in [1.82, 2.24) is 0 Å². The van der Waals surface area contributed by atoms with Gasteiger partial charge in [-0.1, -0.05) is 55.8 Å². The van der Waals surface area contributed by atoms with Crippen molar-refractivity contribution >= 4 is 12.4 Å². The first-order valence-electron chi connectivity index (χ1n) is 7.80. The van der Waals surface area contributed by atoms with Crippen molar-refractivity contribution in [2.75, 3.05) is 13.2 Å². The third-order valence-electron chi connectivity index (χ3n) is 3.73. The van der Waals surface area contributed by atoms with Gasteiger partial charge >= 0.3 is 0 Å². The highest BCUT2D eigenvalue weighted by molar-refractivity contribution is 5.85. The fraction of sp³-hybridized carbons (Fsp3) is 0.368. The Hall–Kier alpha value is -1.51. The molecule has 120 valence electrons. The summed E-state index contributed by atoms with van der Waals surface area (Å²) in [4.78, 5) is 0. The second-order valence-corrected chi connectivity index (χ2v) is 5.39. The Kier molecular flexibility index (Phi) is 8.64. The second-order valence-electron chi connectivity index (χ2n) is 5.39. The van der Waals surface area contributed by atoms with Crippen LogP contribution in [0.4, 0.5) is 0 Å². The Morgan fingerprint density at radius 3 is 2.27 bits per heavy atom. The lowest BCUT2D eigenvalue weighted by Gasteiger charge is -2.15. The SMILES string of the molecule is CCCCOc1ccc(CC(CN)c2ccccc2)cc1.Cl. The molecule has 0 aromatic heterocycles. The molecule has 22 heavy (non-hydrogen) atoms. The molecule has 0 spiro atoms. The summed E-state index contributed by atoms with van der Waals surface area (Å²) < 4.78 is 5.69. The van der Waals surface area contributed by atoms with Crippen molar-refractivity contribution in [3.63, 3.8) is 0 Å². The first-order chi connectivity index (χ1) is 10.3. The van der Waals surface area contributed by atoms with Crippen LogP contribution in [0.5, 0.6) is 5.75 Å². The molecule has 2 rings (SSSR count). The van der Waals surface area contributed by atoms with E-state index in [1.165, 1.54) is 11.1 Å². The van der Waals surface area contributed by atoms with Gasteiger partial charge in [0, 0.05) is 5.92 Å². The Morgan fingerprint density at radius 2 is 1.68 bits per heavy atom. The standard InChI is InChI=1S/C19H25NO.ClH/c1-2-3-13-21-19-11-9-16(10-12-19)14-18(15-20)17-7-5-4-6-8-17;/h4-12,18H,2-3,13-15,20H2,1H3;1H. The quantitative estimate of drug-likeness (QED) is 0.723. The van der Waals surface area contributed by atoms with Gasteiger partial charge in [0.1, 0.15) is 5.75 Å². The van der Waals surface area contributed by atoms with Crippen molar-refractivity contribution in [3.8, 4) is 5.75 Å². The molecular weight excluding hydrogens is 294 g/mol. The van der Waals surface area contributed by atoms with Crippen LogP contribution < -0.4 is 10.5 Å². The van der Waals surface area contributed by atoms with Gasteiger partial charge in [0.05, 0.1) is 6.61 Å². The zero-order valence-corrected chi connectivity index (χ0v) is 14.0. The predicted molar refractivity (Wildman–Crippen MR) is 96.0 cm³/mol. The molecule has 0 radical (unpaired) electrons. The fourth-order valence-corrected chi connectivity index (χ4v) is 2.40. The molecule has 0 saturated carbocycles. The lowest BCUT2D eigenvalue weighted by Crippen LogP contribution is -2.14. The maximum absolute atomic E-state index is 5.94. The zero-order valence-electron chi connectivity index (χ0n) is 13.2. The van der Waals surface area contributed by atoms with E-state index in [0.29, 0.717) is 12.5 Å². The van der Waals surface area contributed by atoms with Crippen molar-refractivity contribution in [2.24, 2.45) is 5.73 Å². The molecule has 0 amide bonds. The van der Waals surface area contributed by atoms with Gasteiger partial charge in [0.25, 0.3) is 0 Å².